The fraction of sp³-hybridized carbons (Fsp3) is 0.240. The van der Waals surface area contributed by atoms with Crippen LogP contribution in [0.25, 0.3) is 16.4 Å². The lowest BCUT2D eigenvalue weighted by molar-refractivity contribution is 0.159. The third kappa shape index (κ3) is 4.61. The molecule has 5 rings (SSSR count). The molecule has 0 aliphatic rings. The van der Waals surface area contributed by atoms with Crippen molar-refractivity contribution in [1.82, 2.24) is 29.3 Å². The third-order valence-corrected chi connectivity index (χ3v) is 5.78. The second-order valence-electron chi connectivity index (χ2n) is 8.30. The van der Waals surface area contributed by atoms with Gasteiger partial charge in [-0.2, -0.15) is 10.2 Å². The van der Waals surface area contributed by atoms with Crippen molar-refractivity contribution in [2.75, 3.05) is 32.6 Å². The molecule has 3 heterocycles. The molecule has 0 amide bonds. The number of likely N-dealkylation sites (N-methyl/N-ethyl adjacent to an activating group) is 1. The van der Waals surface area contributed by atoms with E-state index in [1.54, 1.807) is 19.5 Å². The lowest BCUT2D eigenvalue weighted by atomic mass is 10.2. The highest BCUT2D eigenvalue weighted by Crippen LogP contribution is 2.26. The van der Waals surface area contributed by atoms with Crippen LogP contribution < -0.4 is 5.32 Å². The fourth-order valence-electron chi connectivity index (χ4n) is 4.09. The van der Waals surface area contributed by atoms with Gasteiger partial charge < -0.3 is 10.1 Å². The minimum atomic E-state index is -0.244. The van der Waals surface area contributed by atoms with Crippen LogP contribution in [0.3, 0.4) is 0 Å². The highest BCUT2D eigenvalue weighted by molar-refractivity contribution is 5.85. The van der Waals surface area contributed by atoms with E-state index in [9.17, 15) is 4.39 Å². The SMILES string of the molecule is COCCN(C)Cc1ccn2ncnc(Nc3ccc4c(cnn4Cc4cccc(F)c4)c3)c12. The van der Waals surface area contributed by atoms with Crippen LogP contribution in [0, 0.1) is 5.82 Å². The maximum Gasteiger partial charge on any atom is 0.158 e. The Bertz CT molecular complexity index is 1430. The molecule has 0 aliphatic heterocycles. The van der Waals surface area contributed by atoms with E-state index in [2.05, 4.69) is 38.5 Å². The van der Waals surface area contributed by atoms with Gasteiger partial charge in [-0.3, -0.25) is 9.58 Å². The molecule has 0 radical (unpaired) electrons. The smallest absolute Gasteiger partial charge is 0.158 e. The zero-order valence-electron chi connectivity index (χ0n) is 19.1. The molecule has 0 saturated carbocycles. The van der Waals surface area contributed by atoms with Gasteiger partial charge in [0.25, 0.3) is 0 Å². The van der Waals surface area contributed by atoms with Gasteiger partial charge in [0.2, 0.25) is 0 Å². The summed E-state index contributed by atoms with van der Waals surface area (Å²) >= 11 is 0. The molecule has 3 aromatic heterocycles. The van der Waals surface area contributed by atoms with Gasteiger partial charge in [-0.1, -0.05) is 12.1 Å². The molecule has 0 unspecified atom stereocenters. The Labute approximate surface area is 196 Å². The number of fused-ring (bicyclic) bond motifs is 2. The molecule has 34 heavy (non-hydrogen) atoms. The van der Waals surface area contributed by atoms with E-state index in [1.807, 2.05) is 45.9 Å². The van der Waals surface area contributed by atoms with E-state index in [0.717, 1.165) is 52.1 Å². The van der Waals surface area contributed by atoms with Gasteiger partial charge in [-0.25, -0.2) is 13.9 Å². The maximum absolute atomic E-state index is 13.6. The standard InChI is InChI=1S/C25H26FN7O/c1-31(10-11-34-2)16-19-8-9-32-24(19)25(27-17-29-32)30-22-6-7-23-20(13-22)14-28-33(23)15-18-4-3-5-21(26)12-18/h3-9,12-14,17H,10-11,15-16H2,1-2H3,(H,27,29,30). The van der Waals surface area contributed by atoms with E-state index in [4.69, 9.17) is 4.74 Å². The molecule has 174 valence electrons. The summed E-state index contributed by atoms with van der Waals surface area (Å²) in [7, 11) is 3.77. The molecule has 2 aromatic carbocycles. The Morgan fingerprint density at radius 1 is 1.12 bits per heavy atom. The molecule has 0 saturated heterocycles. The zero-order valence-corrected chi connectivity index (χ0v) is 19.1. The second kappa shape index (κ2) is 9.58. The van der Waals surface area contributed by atoms with Gasteiger partial charge in [0.15, 0.2) is 5.82 Å². The number of halogens is 1. The van der Waals surface area contributed by atoms with Crippen LogP contribution in [0.2, 0.25) is 0 Å². The second-order valence-corrected chi connectivity index (χ2v) is 8.30. The van der Waals surface area contributed by atoms with E-state index in [1.165, 1.54) is 12.1 Å². The summed E-state index contributed by atoms with van der Waals surface area (Å²) in [5.41, 5.74) is 4.82. The normalized spacial score (nSPS) is 11.6. The van der Waals surface area contributed by atoms with Crippen molar-refractivity contribution in [2.24, 2.45) is 0 Å². The number of aromatic nitrogens is 5. The van der Waals surface area contributed by atoms with Crippen LogP contribution in [-0.2, 0) is 17.8 Å². The molecule has 0 bridgehead atoms. The summed E-state index contributed by atoms with van der Waals surface area (Å²) in [5, 5.41) is 13.3. The number of nitrogens with zero attached hydrogens (tertiary/aromatic N) is 6. The highest BCUT2D eigenvalue weighted by atomic mass is 19.1. The molecular weight excluding hydrogens is 433 g/mol. The molecule has 0 aliphatic carbocycles. The van der Waals surface area contributed by atoms with E-state index in [0.29, 0.717) is 13.2 Å². The van der Waals surface area contributed by atoms with Gasteiger partial charge in [-0.15, -0.1) is 0 Å². The largest absolute Gasteiger partial charge is 0.383 e. The van der Waals surface area contributed by atoms with Crippen LogP contribution in [0.4, 0.5) is 15.9 Å². The predicted octanol–water partition coefficient (Wildman–Crippen LogP) is 4.09. The van der Waals surface area contributed by atoms with Crippen molar-refractivity contribution in [2.45, 2.75) is 13.1 Å². The van der Waals surface area contributed by atoms with Crippen LogP contribution in [0.1, 0.15) is 11.1 Å². The Kier molecular flexibility index (Phi) is 6.20. The van der Waals surface area contributed by atoms with Crippen molar-refractivity contribution >= 4 is 27.9 Å². The van der Waals surface area contributed by atoms with E-state index in [-0.39, 0.29) is 5.82 Å². The van der Waals surface area contributed by atoms with Crippen molar-refractivity contribution < 1.29 is 9.13 Å². The number of rotatable bonds is 9. The molecule has 1 N–H and O–H groups in total. The lowest BCUT2D eigenvalue weighted by Crippen LogP contribution is -2.22. The quantitative estimate of drug-likeness (QED) is 0.358. The topological polar surface area (TPSA) is 72.5 Å². The zero-order chi connectivity index (χ0) is 23.5. The minimum absolute atomic E-state index is 0.244. The van der Waals surface area contributed by atoms with Gasteiger partial charge >= 0.3 is 0 Å². The van der Waals surface area contributed by atoms with Crippen molar-refractivity contribution in [3.05, 3.63) is 84.2 Å². The first-order valence-electron chi connectivity index (χ1n) is 11.1. The molecule has 0 atom stereocenters. The molecular formula is C25H26FN7O. The Hall–Kier alpha value is -3.82. The average Bonchev–Trinajstić information content (AvgIpc) is 3.42. The molecule has 5 aromatic rings. The number of ether oxygens (including phenoxy) is 1. The van der Waals surface area contributed by atoms with Crippen LogP contribution in [-0.4, -0.2) is 56.6 Å². The summed E-state index contributed by atoms with van der Waals surface area (Å²) in [5.74, 6) is 0.493. The van der Waals surface area contributed by atoms with Gasteiger partial charge in [0, 0.05) is 37.5 Å². The van der Waals surface area contributed by atoms with E-state index < -0.39 is 0 Å². The van der Waals surface area contributed by atoms with Crippen molar-refractivity contribution in [3.63, 3.8) is 0 Å². The van der Waals surface area contributed by atoms with Crippen LogP contribution >= 0.6 is 0 Å². The maximum atomic E-state index is 13.6. The molecule has 0 fully saturated rings. The number of hydrogen-bond donors (Lipinski definition) is 1. The van der Waals surface area contributed by atoms with Crippen molar-refractivity contribution in [3.8, 4) is 0 Å². The summed E-state index contributed by atoms with van der Waals surface area (Å²) in [6.45, 7) is 2.77. The first-order chi connectivity index (χ1) is 16.6. The van der Waals surface area contributed by atoms with Gasteiger partial charge in [0.05, 0.1) is 24.9 Å². The number of anilines is 2. The Morgan fingerprint density at radius 2 is 2.03 bits per heavy atom. The fourth-order valence-corrected chi connectivity index (χ4v) is 4.09. The average molecular weight is 460 g/mol. The van der Waals surface area contributed by atoms with Crippen molar-refractivity contribution in [1.29, 1.82) is 0 Å². The Morgan fingerprint density at radius 3 is 2.88 bits per heavy atom. The lowest BCUT2D eigenvalue weighted by Gasteiger charge is -2.16. The predicted molar refractivity (Wildman–Crippen MR) is 130 cm³/mol. The molecule has 9 heteroatoms. The number of nitrogens with one attached hydrogen (secondary N) is 1. The molecule has 0 spiro atoms. The first kappa shape index (κ1) is 22.0. The highest BCUT2D eigenvalue weighted by Gasteiger charge is 2.13. The summed E-state index contributed by atoms with van der Waals surface area (Å²) in [6.07, 6.45) is 5.31. The Balaban J connectivity index is 1.40. The minimum Gasteiger partial charge on any atom is -0.383 e. The first-order valence-corrected chi connectivity index (χ1v) is 11.1. The van der Waals surface area contributed by atoms with Gasteiger partial charge in [0.1, 0.15) is 17.7 Å². The third-order valence-electron chi connectivity index (χ3n) is 5.78. The summed E-state index contributed by atoms with van der Waals surface area (Å²) in [6, 6.07) is 14.7. The van der Waals surface area contributed by atoms with Crippen LogP contribution in [0.15, 0.2) is 67.3 Å². The monoisotopic (exact) mass is 459 g/mol. The molecule has 8 nitrogen and oxygen atoms in total. The number of hydrogen-bond acceptors (Lipinski definition) is 6. The van der Waals surface area contributed by atoms with Gasteiger partial charge in [-0.05, 0) is 54.6 Å². The summed E-state index contributed by atoms with van der Waals surface area (Å²) in [4.78, 5) is 6.71. The number of methoxy groups -OCH3 is 1. The van der Waals surface area contributed by atoms with E-state index >= 15 is 0 Å². The van der Waals surface area contributed by atoms with Crippen LogP contribution in [0.5, 0.6) is 0 Å². The number of benzene rings is 2. The summed E-state index contributed by atoms with van der Waals surface area (Å²) < 4.78 is 22.5.